The summed E-state index contributed by atoms with van der Waals surface area (Å²) in [4.78, 5) is 0. The molecule has 0 amide bonds. The minimum Gasteiger partial charge on any atom is -0.212 e. The van der Waals surface area contributed by atoms with E-state index < -0.39 is 26.4 Å². The molecule has 0 radical (unpaired) electrons. The molecule has 7 heteroatoms. The molecule has 0 aliphatic carbocycles. The molecular formula is C5H8ClF3O2S. The molecule has 0 spiro atoms. The monoisotopic (exact) mass is 224 g/mol. The van der Waals surface area contributed by atoms with Gasteiger partial charge in [-0.3, -0.25) is 0 Å². The van der Waals surface area contributed by atoms with Gasteiger partial charge in [-0.05, 0) is 5.92 Å². The second-order valence-corrected chi connectivity index (χ2v) is 5.43. The van der Waals surface area contributed by atoms with E-state index in [4.69, 9.17) is 0 Å². The third-order valence-electron chi connectivity index (χ3n) is 1.23. The van der Waals surface area contributed by atoms with Crippen LogP contribution in [0.25, 0.3) is 0 Å². The summed E-state index contributed by atoms with van der Waals surface area (Å²) < 4.78 is 56.9. The van der Waals surface area contributed by atoms with Gasteiger partial charge in [0.1, 0.15) is 0 Å². The Balaban J connectivity index is 4.97. The number of halogens is 4. The summed E-state index contributed by atoms with van der Waals surface area (Å²) in [6, 6.07) is 0. The van der Waals surface area contributed by atoms with Gasteiger partial charge in [0.15, 0.2) is 5.25 Å². The van der Waals surface area contributed by atoms with E-state index in [0.29, 0.717) is 0 Å². The van der Waals surface area contributed by atoms with Crippen molar-refractivity contribution in [2.24, 2.45) is 5.92 Å². The first-order chi connectivity index (χ1) is 5.07. The quantitative estimate of drug-likeness (QED) is 0.674. The van der Waals surface area contributed by atoms with Crippen LogP contribution >= 0.6 is 10.7 Å². The molecule has 0 aliphatic heterocycles. The van der Waals surface area contributed by atoms with E-state index in [2.05, 4.69) is 10.7 Å². The second-order valence-electron chi connectivity index (χ2n) is 2.68. The molecule has 0 fully saturated rings. The fraction of sp³-hybridized carbons (Fsp3) is 1.00. The van der Waals surface area contributed by atoms with Crippen LogP contribution in [-0.4, -0.2) is 19.8 Å². The van der Waals surface area contributed by atoms with Crippen molar-refractivity contribution in [1.29, 1.82) is 0 Å². The molecule has 0 heterocycles. The van der Waals surface area contributed by atoms with Crippen LogP contribution in [0.2, 0.25) is 0 Å². The van der Waals surface area contributed by atoms with Gasteiger partial charge >= 0.3 is 6.18 Å². The molecule has 0 N–H and O–H groups in total. The average molecular weight is 225 g/mol. The molecule has 0 saturated carbocycles. The summed E-state index contributed by atoms with van der Waals surface area (Å²) in [5, 5.41) is -2.48. The lowest BCUT2D eigenvalue weighted by molar-refractivity contribution is -0.137. The van der Waals surface area contributed by atoms with Crippen LogP contribution < -0.4 is 0 Å². The Morgan fingerprint density at radius 2 is 1.58 bits per heavy atom. The molecule has 0 aromatic heterocycles. The standard InChI is InChI=1S/C5H8ClF3O2S/c1-3(2)4(5(7,8)9)12(6,10)11/h3-4H,1-2H3. The van der Waals surface area contributed by atoms with Gasteiger partial charge in [-0.1, -0.05) is 13.8 Å². The van der Waals surface area contributed by atoms with E-state index >= 15 is 0 Å². The highest BCUT2D eigenvalue weighted by atomic mass is 35.7. The molecule has 1 atom stereocenters. The summed E-state index contributed by atoms with van der Waals surface area (Å²) in [5.74, 6) is -1.08. The molecule has 0 aliphatic rings. The number of rotatable bonds is 2. The van der Waals surface area contributed by atoms with Crippen LogP contribution in [0.4, 0.5) is 13.2 Å². The maximum absolute atomic E-state index is 12.0. The first kappa shape index (κ1) is 12.0. The van der Waals surface area contributed by atoms with Crippen molar-refractivity contribution in [3.63, 3.8) is 0 Å². The van der Waals surface area contributed by atoms with Crippen LogP contribution in [0.3, 0.4) is 0 Å². The predicted molar refractivity (Wildman–Crippen MR) is 39.5 cm³/mol. The van der Waals surface area contributed by atoms with Crippen molar-refractivity contribution in [1.82, 2.24) is 0 Å². The van der Waals surface area contributed by atoms with Gasteiger partial charge in [0.2, 0.25) is 9.05 Å². The molecule has 74 valence electrons. The smallest absolute Gasteiger partial charge is 0.212 e. The molecule has 0 aromatic carbocycles. The number of alkyl halides is 3. The molecule has 1 unspecified atom stereocenters. The van der Waals surface area contributed by atoms with Crippen LogP contribution in [0.1, 0.15) is 13.8 Å². The Bertz CT molecular complexity index is 244. The summed E-state index contributed by atoms with van der Waals surface area (Å²) in [5.41, 5.74) is 0. The number of hydrogen-bond acceptors (Lipinski definition) is 2. The predicted octanol–water partition coefficient (Wildman–Crippen LogP) is 2.14. The Hall–Kier alpha value is 0.0300. The normalized spacial score (nSPS) is 16.6. The Morgan fingerprint density at radius 3 is 1.58 bits per heavy atom. The van der Waals surface area contributed by atoms with Crippen LogP contribution in [0.5, 0.6) is 0 Å². The molecule has 2 nitrogen and oxygen atoms in total. The van der Waals surface area contributed by atoms with Gasteiger partial charge in [0.25, 0.3) is 0 Å². The SMILES string of the molecule is CC(C)C(C(F)(F)F)S(=O)(=O)Cl. The molecule has 12 heavy (non-hydrogen) atoms. The molecule has 0 aromatic rings. The zero-order chi connectivity index (χ0) is 10.2. The fourth-order valence-electron chi connectivity index (χ4n) is 0.863. The maximum atomic E-state index is 12.0. The summed E-state index contributed by atoms with van der Waals surface area (Å²) in [6.07, 6.45) is -4.80. The van der Waals surface area contributed by atoms with E-state index in [1.54, 1.807) is 0 Å². The summed E-state index contributed by atoms with van der Waals surface area (Å²) in [7, 11) is 0.0564. The molecule has 0 rings (SSSR count). The first-order valence-corrected chi connectivity index (χ1v) is 5.44. The topological polar surface area (TPSA) is 34.1 Å². The van der Waals surface area contributed by atoms with Crippen molar-refractivity contribution in [2.45, 2.75) is 25.3 Å². The minimum absolute atomic E-state index is 1.08. The zero-order valence-corrected chi connectivity index (χ0v) is 7.96. The van der Waals surface area contributed by atoms with E-state index in [-0.39, 0.29) is 0 Å². The van der Waals surface area contributed by atoms with E-state index in [9.17, 15) is 21.6 Å². The van der Waals surface area contributed by atoms with Crippen molar-refractivity contribution in [2.75, 3.05) is 0 Å². The Labute approximate surface area is 73.1 Å². The summed E-state index contributed by atoms with van der Waals surface area (Å²) >= 11 is 0. The Morgan fingerprint density at radius 1 is 1.25 bits per heavy atom. The highest BCUT2D eigenvalue weighted by molar-refractivity contribution is 8.14. The number of hydrogen-bond donors (Lipinski definition) is 0. The van der Waals surface area contributed by atoms with Crippen molar-refractivity contribution in [3.05, 3.63) is 0 Å². The van der Waals surface area contributed by atoms with Gasteiger partial charge in [-0.15, -0.1) is 0 Å². The third kappa shape index (κ3) is 3.18. The van der Waals surface area contributed by atoms with E-state index in [1.165, 1.54) is 0 Å². The maximum Gasteiger partial charge on any atom is 0.406 e. The minimum atomic E-state index is -4.80. The van der Waals surface area contributed by atoms with E-state index in [1.807, 2.05) is 0 Å². The highest BCUT2D eigenvalue weighted by Gasteiger charge is 2.49. The molecule has 0 bridgehead atoms. The lowest BCUT2D eigenvalue weighted by Crippen LogP contribution is -2.38. The Kier molecular flexibility index (Phi) is 3.42. The van der Waals surface area contributed by atoms with Crippen molar-refractivity contribution >= 4 is 19.7 Å². The van der Waals surface area contributed by atoms with E-state index in [0.717, 1.165) is 13.8 Å². The van der Waals surface area contributed by atoms with Crippen molar-refractivity contribution < 1.29 is 21.6 Å². The fourth-order valence-corrected chi connectivity index (χ4v) is 2.75. The highest BCUT2D eigenvalue weighted by Crippen LogP contribution is 2.33. The summed E-state index contributed by atoms with van der Waals surface area (Å²) in [6.45, 7) is 2.30. The average Bonchev–Trinajstić information content (AvgIpc) is 1.49. The van der Waals surface area contributed by atoms with Crippen LogP contribution in [-0.2, 0) is 9.05 Å². The largest absolute Gasteiger partial charge is 0.406 e. The molecule has 0 saturated heterocycles. The first-order valence-electron chi connectivity index (χ1n) is 3.07. The zero-order valence-electron chi connectivity index (χ0n) is 6.39. The van der Waals surface area contributed by atoms with Gasteiger partial charge in [-0.2, -0.15) is 13.2 Å². The lowest BCUT2D eigenvalue weighted by Gasteiger charge is -2.19. The second kappa shape index (κ2) is 3.41. The lowest BCUT2D eigenvalue weighted by atomic mass is 10.1. The van der Waals surface area contributed by atoms with Crippen molar-refractivity contribution in [3.8, 4) is 0 Å². The molecular weight excluding hydrogens is 217 g/mol. The van der Waals surface area contributed by atoms with Gasteiger partial charge in [-0.25, -0.2) is 8.42 Å². The van der Waals surface area contributed by atoms with Gasteiger partial charge < -0.3 is 0 Å². The van der Waals surface area contributed by atoms with Gasteiger partial charge in [0, 0.05) is 10.7 Å². The van der Waals surface area contributed by atoms with Gasteiger partial charge in [0.05, 0.1) is 0 Å². The van der Waals surface area contributed by atoms with Crippen LogP contribution in [0.15, 0.2) is 0 Å². The third-order valence-corrected chi connectivity index (χ3v) is 3.23. The van der Waals surface area contributed by atoms with Crippen LogP contribution in [0, 0.1) is 5.92 Å².